The lowest BCUT2D eigenvalue weighted by Crippen LogP contribution is -2.40. The van der Waals surface area contributed by atoms with Gasteiger partial charge < -0.3 is 10.4 Å². The number of halogens is 1. The van der Waals surface area contributed by atoms with E-state index in [0.29, 0.717) is 11.4 Å². The molecule has 1 aliphatic rings. The molecule has 2 N–H and O–H groups in total. The van der Waals surface area contributed by atoms with E-state index in [0.717, 1.165) is 18.4 Å². The molecule has 1 aromatic carbocycles. The van der Waals surface area contributed by atoms with Crippen LogP contribution >= 0.6 is 11.6 Å². The minimum atomic E-state index is -0.330. The number of aliphatic hydroxyl groups is 1. The van der Waals surface area contributed by atoms with Crippen molar-refractivity contribution in [2.75, 3.05) is 6.61 Å². The summed E-state index contributed by atoms with van der Waals surface area (Å²) in [5.74, 6) is -0.0473. The molecule has 0 unspecified atom stereocenters. The highest BCUT2D eigenvalue weighted by Crippen LogP contribution is 2.34. The van der Waals surface area contributed by atoms with E-state index < -0.39 is 0 Å². The Morgan fingerprint density at radius 1 is 1.38 bits per heavy atom. The molecule has 0 aliphatic heterocycles. The Morgan fingerprint density at radius 2 is 2.00 bits per heavy atom. The zero-order valence-electron chi connectivity index (χ0n) is 8.87. The number of hydrogen-bond donors (Lipinski definition) is 2. The molecule has 0 atom stereocenters. The highest BCUT2D eigenvalue weighted by atomic mass is 35.5. The zero-order chi connectivity index (χ0) is 11.6. The van der Waals surface area contributed by atoms with E-state index in [9.17, 15) is 4.79 Å². The monoisotopic (exact) mass is 239 g/mol. The molecule has 4 heteroatoms. The van der Waals surface area contributed by atoms with Crippen LogP contribution in [0.15, 0.2) is 24.3 Å². The third-order valence-corrected chi connectivity index (χ3v) is 3.09. The van der Waals surface area contributed by atoms with Crippen LogP contribution in [0.4, 0.5) is 0 Å². The van der Waals surface area contributed by atoms with Gasteiger partial charge in [0.15, 0.2) is 0 Å². The first-order valence-corrected chi connectivity index (χ1v) is 5.68. The zero-order valence-corrected chi connectivity index (χ0v) is 9.63. The minimum Gasteiger partial charge on any atom is -0.394 e. The molecule has 16 heavy (non-hydrogen) atoms. The van der Waals surface area contributed by atoms with Gasteiger partial charge in [-0.1, -0.05) is 23.7 Å². The summed E-state index contributed by atoms with van der Waals surface area (Å²) >= 11 is 5.75. The number of hydrogen-bond acceptors (Lipinski definition) is 2. The van der Waals surface area contributed by atoms with E-state index in [1.165, 1.54) is 0 Å². The van der Waals surface area contributed by atoms with Gasteiger partial charge in [-0.25, -0.2) is 0 Å². The largest absolute Gasteiger partial charge is 0.394 e. The van der Waals surface area contributed by atoms with Crippen molar-refractivity contribution in [3.63, 3.8) is 0 Å². The summed E-state index contributed by atoms with van der Waals surface area (Å²) in [6, 6.07) is 7.20. The van der Waals surface area contributed by atoms with Crippen molar-refractivity contribution >= 4 is 17.5 Å². The predicted octanol–water partition coefficient (Wildman–Crippen LogP) is 1.52. The van der Waals surface area contributed by atoms with Crippen LogP contribution < -0.4 is 5.32 Å². The maximum atomic E-state index is 11.7. The Kier molecular flexibility index (Phi) is 3.17. The van der Waals surface area contributed by atoms with Crippen LogP contribution in [-0.4, -0.2) is 23.2 Å². The van der Waals surface area contributed by atoms with Gasteiger partial charge in [0.1, 0.15) is 0 Å². The van der Waals surface area contributed by atoms with Gasteiger partial charge in [-0.2, -0.15) is 0 Å². The molecular weight excluding hydrogens is 226 g/mol. The topological polar surface area (TPSA) is 49.3 Å². The Hall–Kier alpha value is -1.06. The number of benzene rings is 1. The quantitative estimate of drug-likeness (QED) is 0.837. The smallest absolute Gasteiger partial charge is 0.224 e. The normalized spacial score (nSPS) is 16.9. The number of aliphatic hydroxyl groups excluding tert-OH is 1. The molecule has 0 radical (unpaired) electrons. The van der Waals surface area contributed by atoms with Crippen molar-refractivity contribution in [2.45, 2.75) is 24.8 Å². The second-order valence-corrected chi connectivity index (χ2v) is 4.73. The lowest BCUT2D eigenvalue weighted by Gasteiger charge is -2.14. The summed E-state index contributed by atoms with van der Waals surface area (Å²) in [6.45, 7) is 0.0271. The molecule has 2 rings (SSSR count). The maximum Gasteiger partial charge on any atom is 0.224 e. The molecular formula is C12H14ClNO2. The van der Waals surface area contributed by atoms with Crippen molar-refractivity contribution in [1.29, 1.82) is 0 Å². The maximum absolute atomic E-state index is 11.7. The van der Waals surface area contributed by atoms with Crippen molar-refractivity contribution in [1.82, 2.24) is 5.32 Å². The van der Waals surface area contributed by atoms with Crippen LogP contribution in [0.3, 0.4) is 0 Å². The van der Waals surface area contributed by atoms with Gasteiger partial charge in [-0.05, 0) is 30.5 Å². The number of carbonyl (C=O) groups excluding carboxylic acids is 1. The number of carbonyl (C=O) groups is 1. The van der Waals surface area contributed by atoms with E-state index in [-0.39, 0.29) is 18.1 Å². The van der Waals surface area contributed by atoms with Gasteiger partial charge in [-0.15, -0.1) is 0 Å². The summed E-state index contributed by atoms with van der Waals surface area (Å²) in [6.07, 6.45) is 2.07. The van der Waals surface area contributed by atoms with Crippen molar-refractivity contribution in [3.8, 4) is 0 Å². The highest BCUT2D eigenvalue weighted by Gasteiger charge is 2.43. The lowest BCUT2D eigenvalue weighted by molar-refractivity contribution is -0.121. The molecule has 3 nitrogen and oxygen atoms in total. The standard InChI is InChI=1S/C12H14ClNO2/c13-10-3-1-9(2-4-10)7-11(16)14-12(8-15)5-6-12/h1-4,15H,5-8H2,(H,14,16). The third kappa shape index (κ3) is 2.74. The molecule has 1 aliphatic carbocycles. The summed E-state index contributed by atoms with van der Waals surface area (Å²) in [5, 5.41) is 12.6. The Balaban J connectivity index is 1.90. The molecule has 1 saturated carbocycles. The van der Waals surface area contributed by atoms with Crippen molar-refractivity contribution in [2.24, 2.45) is 0 Å². The van der Waals surface area contributed by atoms with Crippen LogP contribution in [0.1, 0.15) is 18.4 Å². The fourth-order valence-corrected chi connectivity index (χ4v) is 1.73. The van der Waals surface area contributed by atoms with Crippen LogP contribution in [0.25, 0.3) is 0 Å². The molecule has 0 spiro atoms. The molecule has 1 aromatic rings. The SMILES string of the molecule is O=C(Cc1ccc(Cl)cc1)NC1(CO)CC1. The first-order valence-electron chi connectivity index (χ1n) is 5.30. The van der Waals surface area contributed by atoms with E-state index in [4.69, 9.17) is 16.7 Å². The number of rotatable bonds is 4. The fraction of sp³-hybridized carbons (Fsp3) is 0.417. The average Bonchev–Trinajstić information content (AvgIpc) is 3.02. The van der Waals surface area contributed by atoms with Crippen LogP contribution in [-0.2, 0) is 11.2 Å². The molecule has 0 heterocycles. The predicted molar refractivity (Wildman–Crippen MR) is 62.3 cm³/mol. The van der Waals surface area contributed by atoms with Gasteiger partial charge in [-0.3, -0.25) is 4.79 Å². The third-order valence-electron chi connectivity index (χ3n) is 2.84. The van der Waals surface area contributed by atoms with Crippen LogP contribution in [0.2, 0.25) is 5.02 Å². The summed E-state index contributed by atoms with van der Waals surface area (Å²) in [7, 11) is 0. The molecule has 86 valence electrons. The second-order valence-electron chi connectivity index (χ2n) is 4.29. The molecule has 0 bridgehead atoms. The number of amides is 1. The van der Waals surface area contributed by atoms with Gasteiger partial charge >= 0.3 is 0 Å². The Morgan fingerprint density at radius 3 is 2.50 bits per heavy atom. The first kappa shape index (κ1) is 11.4. The first-order chi connectivity index (χ1) is 7.63. The molecule has 1 amide bonds. The van der Waals surface area contributed by atoms with Gasteiger partial charge in [0.05, 0.1) is 18.6 Å². The molecule has 0 saturated heterocycles. The van der Waals surface area contributed by atoms with Crippen LogP contribution in [0.5, 0.6) is 0 Å². The van der Waals surface area contributed by atoms with Crippen LogP contribution in [0, 0.1) is 0 Å². The molecule has 1 fully saturated rings. The lowest BCUT2D eigenvalue weighted by atomic mass is 10.1. The minimum absolute atomic E-state index is 0.0271. The second kappa shape index (κ2) is 4.44. The fourth-order valence-electron chi connectivity index (χ4n) is 1.60. The Bertz CT molecular complexity index is 385. The van der Waals surface area contributed by atoms with Gasteiger partial charge in [0.2, 0.25) is 5.91 Å². The van der Waals surface area contributed by atoms with Crippen molar-refractivity contribution < 1.29 is 9.90 Å². The van der Waals surface area contributed by atoms with E-state index in [1.807, 2.05) is 12.1 Å². The summed E-state index contributed by atoms with van der Waals surface area (Å²) in [4.78, 5) is 11.7. The van der Waals surface area contributed by atoms with E-state index in [1.54, 1.807) is 12.1 Å². The Labute approximate surface area is 99.4 Å². The number of nitrogens with one attached hydrogen (secondary N) is 1. The van der Waals surface area contributed by atoms with Gasteiger partial charge in [0.25, 0.3) is 0 Å². The summed E-state index contributed by atoms with van der Waals surface area (Å²) in [5.41, 5.74) is 0.597. The van der Waals surface area contributed by atoms with Crippen molar-refractivity contribution in [3.05, 3.63) is 34.9 Å². The van der Waals surface area contributed by atoms with Gasteiger partial charge in [0, 0.05) is 5.02 Å². The van der Waals surface area contributed by atoms with E-state index >= 15 is 0 Å². The average molecular weight is 240 g/mol. The highest BCUT2D eigenvalue weighted by molar-refractivity contribution is 6.30. The molecule has 0 aromatic heterocycles. The van der Waals surface area contributed by atoms with E-state index in [2.05, 4.69) is 5.32 Å². The summed E-state index contributed by atoms with van der Waals surface area (Å²) < 4.78 is 0.